The lowest BCUT2D eigenvalue weighted by atomic mass is 10.1. The summed E-state index contributed by atoms with van der Waals surface area (Å²) in [5.74, 6) is -0.251. The second-order valence-electron chi connectivity index (χ2n) is 5.28. The number of hydrogen-bond donors (Lipinski definition) is 1. The molecule has 0 radical (unpaired) electrons. The molecule has 0 aliphatic carbocycles. The molecule has 1 aliphatic rings. The molecule has 120 valence electrons. The maximum Gasteiger partial charge on any atom is 0.283 e. The Hall–Kier alpha value is -1.60. The zero-order valence-corrected chi connectivity index (χ0v) is 13.7. The number of likely N-dealkylation sites (tertiary alicyclic amines) is 1. The molecule has 1 amide bonds. The highest BCUT2D eigenvalue weighted by atomic mass is 32.2. The quantitative estimate of drug-likeness (QED) is 0.494. The molecule has 1 atom stereocenters. The number of nitro benzene ring substituents is 1. The van der Waals surface area contributed by atoms with Gasteiger partial charge < -0.3 is 5.32 Å². The summed E-state index contributed by atoms with van der Waals surface area (Å²) in [6, 6.07) is 4.99. The summed E-state index contributed by atoms with van der Waals surface area (Å²) < 4.78 is 0. The molecule has 1 aliphatic heterocycles. The molecule has 0 aromatic heterocycles. The van der Waals surface area contributed by atoms with Crippen molar-refractivity contribution in [3.63, 3.8) is 0 Å². The SMILES string of the molecule is CCN1CCCC1CNC(=O)c1ccc(SC)c([N+](=O)[O-])c1. The van der Waals surface area contributed by atoms with E-state index in [9.17, 15) is 14.9 Å². The first kappa shape index (κ1) is 16.8. The normalized spacial score (nSPS) is 18.4. The van der Waals surface area contributed by atoms with Gasteiger partial charge in [-0.3, -0.25) is 19.8 Å². The Kier molecular flexibility index (Phi) is 5.79. The summed E-state index contributed by atoms with van der Waals surface area (Å²) in [7, 11) is 0. The zero-order chi connectivity index (χ0) is 16.1. The van der Waals surface area contributed by atoms with Gasteiger partial charge in [-0.05, 0) is 44.3 Å². The van der Waals surface area contributed by atoms with E-state index in [0.717, 1.165) is 25.9 Å². The van der Waals surface area contributed by atoms with Crippen LogP contribution in [0.1, 0.15) is 30.1 Å². The number of carbonyl (C=O) groups excluding carboxylic acids is 1. The van der Waals surface area contributed by atoms with Crippen LogP contribution in [0, 0.1) is 10.1 Å². The summed E-state index contributed by atoms with van der Waals surface area (Å²) in [6.45, 7) is 4.76. The van der Waals surface area contributed by atoms with Crippen LogP contribution in [0.2, 0.25) is 0 Å². The van der Waals surface area contributed by atoms with E-state index in [1.165, 1.54) is 17.8 Å². The van der Waals surface area contributed by atoms with E-state index in [4.69, 9.17) is 0 Å². The van der Waals surface area contributed by atoms with Crippen molar-refractivity contribution in [3.05, 3.63) is 33.9 Å². The molecular weight excluding hydrogens is 302 g/mol. The van der Waals surface area contributed by atoms with Crippen LogP contribution in [0.3, 0.4) is 0 Å². The largest absolute Gasteiger partial charge is 0.350 e. The lowest BCUT2D eigenvalue weighted by Gasteiger charge is -2.22. The zero-order valence-electron chi connectivity index (χ0n) is 12.9. The van der Waals surface area contributed by atoms with Gasteiger partial charge in [0.25, 0.3) is 11.6 Å². The molecule has 1 unspecified atom stereocenters. The van der Waals surface area contributed by atoms with Crippen molar-refractivity contribution in [2.75, 3.05) is 25.9 Å². The molecule has 1 heterocycles. The monoisotopic (exact) mass is 323 g/mol. The highest BCUT2D eigenvalue weighted by molar-refractivity contribution is 7.98. The van der Waals surface area contributed by atoms with Crippen LogP contribution in [0.5, 0.6) is 0 Å². The third-order valence-corrected chi connectivity index (χ3v) is 4.83. The fourth-order valence-electron chi connectivity index (χ4n) is 2.83. The van der Waals surface area contributed by atoms with Gasteiger partial charge in [0.2, 0.25) is 0 Å². The smallest absolute Gasteiger partial charge is 0.283 e. The van der Waals surface area contributed by atoms with E-state index in [1.807, 2.05) is 0 Å². The van der Waals surface area contributed by atoms with Crippen molar-refractivity contribution in [2.24, 2.45) is 0 Å². The summed E-state index contributed by atoms with van der Waals surface area (Å²) in [5, 5.41) is 14.0. The first-order valence-corrected chi connectivity index (χ1v) is 8.64. The number of hydrogen-bond acceptors (Lipinski definition) is 5. The van der Waals surface area contributed by atoms with Crippen molar-refractivity contribution in [1.82, 2.24) is 10.2 Å². The summed E-state index contributed by atoms with van der Waals surface area (Å²) in [5.41, 5.74) is 0.321. The van der Waals surface area contributed by atoms with Crippen molar-refractivity contribution in [2.45, 2.75) is 30.7 Å². The first-order valence-electron chi connectivity index (χ1n) is 7.41. The van der Waals surface area contributed by atoms with Crippen LogP contribution in [-0.4, -0.2) is 47.7 Å². The van der Waals surface area contributed by atoms with E-state index in [0.29, 0.717) is 23.0 Å². The van der Waals surface area contributed by atoms with Gasteiger partial charge in [0.05, 0.1) is 9.82 Å². The molecule has 1 N–H and O–H groups in total. The molecule has 1 saturated heterocycles. The lowest BCUT2D eigenvalue weighted by molar-refractivity contribution is -0.387. The lowest BCUT2D eigenvalue weighted by Crippen LogP contribution is -2.40. The number of rotatable bonds is 6. The Morgan fingerprint density at radius 2 is 2.32 bits per heavy atom. The average Bonchev–Trinajstić information content (AvgIpc) is 2.99. The molecule has 1 aromatic carbocycles. The topological polar surface area (TPSA) is 75.5 Å². The van der Waals surface area contributed by atoms with Crippen molar-refractivity contribution >= 4 is 23.4 Å². The molecule has 1 aromatic rings. The second kappa shape index (κ2) is 7.60. The highest BCUT2D eigenvalue weighted by Gasteiger charge is 2.24. The predicted molar refractivity (Wildman–Crippen MR) is 87.5 cm³/mol. The van der Waals surface area contributed by atoms with Crippen LogP contribution in [0.4, 0.5) is 5.69 Å². The molecule has 22 heavy (non-hydrogen) atoms. The highest BCUT2D eigenvalue weighted by Crippen LogP contribution is 2.28. The van der Waals surface area contributed by atoms with Crippen LogP contribution in [0.25, 0.3) is 0 Å². The van der Waals surface area contributed by atoms with Gasteiger partial charge in [0.15, 0.2) is 0 Å². The number of nitrogens with zero attached hydrogens (tertiary/aromatic N) is 2. The second-order valence-corrected chi connectivity index (χ2v) is 6.13. The Morgan fingerprint density at radius 1 is 1.55 bits per heavy atom. The number of thioether (sulfide) groups is 1. The Bertz CT molecular complexity index is 565. The standard InChI is InChI=1S/C15H21N3O3S/c1-3-17-8-4-5-12(17)10-16-15(19)11-6-7-14(22-2)13(9-11)18(20)21/h6-7,9,12H,3-5,8,10H2,1-2H3,(H,16,19). The first-order chi connectivity index (χ1) is 10.6. The number of amides is 1. The third-order valence-electron chi connectivity index (χ3n) is 4.04. The van der Waals surface area contributed by atoms with E-state index in [2.05, 4.69) is 17.1 Å². The number of nitrogens with one attached hydrogen (secondary N) is 1. The van der Waals surface area contributed by atoms with Gasteiger partial charge in [-0.15, -0.1) is 11.8 Å². The Morgan fingerprint density at radius 3 is 2.95 bits per heavy atom. The average molecular weight is 323 g/mol. The van der Waals surface area contributed by atoms with Crippen molar-refractivity contribution in [3.8, 4) is 0 Å². The fourth-order valence-corrected chi connectivity index (χ4v) is 3.38. The van der Waals surface area contributed by atoms with Gasteiger partial charge in [-0.2, -0.15) is 0 Å². The van der Waals surface area contributed by atoms with Gasteiger partial charge in [0, 0.05) is 24.2 Å². The Balaban J connectivity index is 2.03. The molecular formula is C15H21N3O3S. The minimum absolute atomic E-state index is 0.0174. The number of nitro groups is 1. The molecule has 7 heteroatoms. The molecule has 2 rings (SSSR count). The maximum absolute atomic E-state index is 12.2. The molecule has 0 bridgehead atoms. The van der Waals surface area contributed by atoms with E-state index < -0.39 is 4.92 Å². The number of likely N-dealkylation sites (N-methyl/N-ethyl adjacent to an activating group) is 1. The van der Waals surface area contributed by atoms with E-state index in [-0.39, 0.29) is 11.6 Å². The minimum atomic E-state index is -0.446. The molecule has 0 spiro atoms. The molecule has 6 nitrogen and oxygen atoms in total. The van der Waals surface area contributed by atoms with E-state index in [1.54, 1.807) is 18.4 Å². The van der Waals surface area contributed by atoms with Crippen molar-refractivity contribution in [1.29, 1.82) is 0 Å². The van der Waals surface area contributed by atoms with E-state index >= 15 is 0 Å². The Labute approximate surface area is 134 Å². The van der Waals surface area contributed by atoms with Gasteiger partial charge in [0.1, 0.15) is 0 Å². The predicted octanol–water partition coefficient (Wildman–Crippen LogP) is 2.53. The number of benzene rings is 1. The van der Waals surface area contributed by atoms with Crippen LogP contribution in [-0.2, 0) is 0 Å². The van der Waals surface area contributed by atoms with Crippen molar-refractivity contribution < 1.29 is 9.72 Å². The molecule has 1 fully saturated rings. The minimum Gasteiger partial charge on any atom is -0.350 e. The summed E-state index contributed by atoms with van der Waals surface area (Å²) in [4.78, 5) is 25.7. The summed E-state index contributed by atoms with van der Waals surface area (Å²) in [6.07, 6.45) is 4.02. The molecule has 0 saturated carbocycles. The van der Waals surface area contributed by atoms with Crippen LogP contribution in [0.15, 0.2) is 23.1 Å². The fraction of sp³-hybridized carbons (Fsp3) is 0.533. The van der Waals surface area contributed by atoms with Gasteiger partial charge >= 0.3 is 0 Å². The van der Waals surface area contributed by atoms with Crippen LogP contribution < -0.4 is 5.32 Å². The van der Waals surface area contributed by atoms with Gasteiger partial charge in [-0.1, -0.05) is 6.92 Å². The summed E-state index contributed by atoms with van der Waals surface area (Å²) >= 11 is 1.30. The third kappa shape index (κ3) is 3.78. The van der Waals surface area contributed by atoms with Gasteiger partial charge in [-0.25, -0.2) is 0 Å². The number of carbonyl (C=O) groups is 1. The maximum atomic E-state index is 12.2. The van der Waals surface area contributed by atoms with Crippen LogP contribution >= 0.6 is 11.8 Å².